The van der Waals surface area contributed by atoms with Crippen LogP contribution < -0.4 is 15.2 Å². The Kier molecular flexibility index (Phi) is 6.29. The Hall–Kier alpha value is -1.66. The van der Waals surface area contributed by atoms with Crippen molar-refractivity contribution in [1.29, 1.82) is 0 Å². The Bertz CT molecular complexity index is 399. The van der Waals surface area contributed by atoms with Crippen LogP contribution in [0.15, 0.2) is 12.1 Å². The lowest BCUT2D eigenvalue weighted by molar-refractivity contribution is -0.142. The molecular weight excluding hydrogens is 262 g/mol. The molecular formula is C11H16ClNO5. The number of rotatable bonds is 4. The van der Waals surface area contributed by atoms with Crippen molar-refractivity contribution in [1.82, 2.24) is 0 Å². The zero-order valence-corrected chi connectivity index (χ0v) is 11.1. The molecule has 0 saturated heterocycles. The van der Waals surface area contributed by atoms with Gasteiger partial charge in [0.25, 0.3) is 0 Å². The van der Waals surface area contributed by atoms with Gasteiger partial charge in [0.1, 0.15) is 6.04 Å². The van der Waals surface area contributed by atoms with Crippen LogP contribution in [0, 0.1) is 0 Å². The van der Waals surface area contributed by atoms with Gasteiger partial charge in [-0.1, -0.05) is 0 Å². The molecule has 0 aliphatic carbocycles. The highest BCUT2D eigenvalue weighted by atomic mass is 35.5. The van der Waals surface area contributed by atoms with Crippen LogP contribution in [-0.4, -0.2) is 32.4 Å². The van der Waals surface area contributed by atoms with Gasteiger partial charge in [0.2, 0.25) is 5.75 Å². The van der Waals surface area contributed by atoms with E-state index in [2.05, 4.69) is 4.74 Å². The zero-order chi connectivity index (χ0) is 13.0. The molecule has 0 aliphatic heterocycles. The molecule has 102 valence electrons. The van der Waals surface area contributed by atoms with Gasteiger partial charge >= 0.3 is 5.97 Å². The molecule has 0 spiro atoms. The van der Waals surface area contributed by atoms with Gasteiger partial charge in [-0.2, -0.15) is 0 Å². The van der Waals surface area contributed by atoms with Crippen LogP contribution in [-0.2, 0) is 9.53 Å². The molecule has 0 heterocycles. The topological polar surface area (TPSA) is 91.0 Å². The van der Waals surface area contributed by atoms with Crippen molar-refractivity contribution in [3.8, 4) is 17.2 Å². The number of hydrogen-bond acceptors (Lipinski definition) is 6. The van der Waals surface area contributed by atoms with E-state index < -0.39 is 12.0 Å². The smallest absolute Gasteiger partial charge is 0.327 e. The van der Waals surface area contributed by atoms with Crippen molar-refractivity contribution in [3.05, 3.63) is 17.7 Å². The fraction of sp³-hybridized carbons (Fsp3) is 0.364. The first-order chi connectivity index (χ1) is 8.04. The maximum absolute atomic E-state index is 11.3. The number of carbonyl (C=O) groups excluding carboxylic acids is 1. The van der Waals surface area contributed by atoms with E-state index in [1.807, 2.05) is 0 Å². The van der Waals surface area contributed by atoms with Crippen LogP contribution in [0.5, 0.6) is 17.2 Å². The zero-order valence-electron chi connectivity index (χ0n) is 10.3. The average Bonchev–Trinajstić information content (AvgIpc) is 2.37. The third kappa shape index (κ3) is 3.18. The molecule has 0 radical (unpaired) electrons. The highest BCUT2D eigenvalue weighted by Crippen LogP contribution is 2.38. The Morgan fingerprint density at radius 3 is 2.00 bits per heavy atom. The molecule has 7 heteroatoms. The molecule has 1 atom stereocenters. The van der Waals surface area contributed by atoms with Crippen molar-refractivity contribution < 1.29 is 24.1 Å². The van der Waals surface area contributed by atoms with Crippen molar-refractivity contribution in [2.24, 2.45) is 5.73 Å². The largest absolute Gasteiger partial charge is 0.502 e. The summed E-state index contributed by atoms with van der Waals surface area (Å²) < 4.78 is 14.4. The number of phenols is 1. The quantitative estimate of drug-likeness (QED) is 0.798. The summed E-state index contributed by atoms with van der Waals surface area (Å²) in [5.41, 5.74) is 6.11. The summed E-state index contributed by atoms with van der Waals surface area (Å²) >= 11 is 0. The third-order valence-electron chi connectivity index (χ3n) is 2.32. The summed E-state index contributed by atoms with van der Waals surface area (Å²) in [6.45, 7) is 0. The highest BCUT2D eigenvalue weighted by Gasteiger charge is 2.20. The second-order valence-corrected chi connectivity index (χ2v) is 3.27. The number of methoxy groups -OCH3 is 3. The molecule has 6 nitrogen and oxygen atoms in total. The number of phenolic OH excluding ortho intramolecular Hbond substituents is 1. The number of benzene rings is 1. The lowest BCUT2D eigenvalue weighted by Gasteiger charge is -2.14. The molecule has 0 saturated carbocycles. The average molecular weight is 278 g/mol. The Balaban J connectivity index is 0.00000289. The monoisotopic (exact) mass is 277 g/mol. The van der Waals surface area contributed by atoms with Gasteiger partial charge in [0.15, 0.2) is 11.5 Å². The van der Waals surface area contributed by atoms with Crippen molar-refractivity contribution in [3.63, 3.8) is 0 Å². The third-order valence-corrected chi connectivity index (χ3v) is 2.32. The maximum Gasteiger partial charge on any atom is 0.327 e. The number of carbonyl (C=O) groups is 1. The number of esters is 1. The molecule has 3 N–H and O–H groups in total. The van der Waals surface area contributed by atoms with Gasteiger partial charge in [0, 0.05) is 0 Å². The van der Waals surface area contributed by atoms with E-state index in [1.165, 1.54) is 33.5 Å². The normalized spacial score (nSPS) is 11.1. The predicted octanol–water partition coefficient (Wildman–Crippen LogP) is 1.00. The minimum absolute atomic E-state index is 0. The van der Waals surface area contributed by atoms with Crippen LogP contribution in [0.2, 0.25) is 0 Å². The Morgan fingerprint density at radius 2 is 1.67 bits per heavy atom. The van der Waals surface area contributed by atoms with E-state index in [-0.39, 0.29) is 29.7 Å². The first-order valence-corrected chi connectivity index (χ1v) is 4.83. The van der Waals surface area contributed by atoms with Crippen molar-refractivity contribution >= 4 is 18.4 Å². The minimum atomic E-state index is -0.955. The Morgan fingerprint density at radius 1 is 1.22 bits per heavy atom. The predicted molar refractivity (Wildman–Crippen MR) is 67.4 cm³/mol. The summed E-state index contributed by atoms with van der Waals surface area (Å²) in [5, 5.41) is 9.68. The molecule has 0 aliphatic rings. The van der Waals surface area contributed by atoms with Crippen LogP contribution in [0.1, 0.15) is 11.6 Å². The molecule has 0 amide bonds. The van der Waals surface area contributed by atoms with Gasteiger partial charge in [0.05, 0.1) is 21.3 Å². The minimum Gasteiger partial charge on any atom is -0.502 e. The number of hydrogen-bond donors (Lipinski definition) is 2. The van der Waals surface area contributed by atoms with E-state index >= 15 is 0 Å². The van der Waals surface area contributed by atoms with Crippen molar-refractivity contribution in [2.75, 3.05) is 21.3 Å². The van der Waals surface area contributed by atoms with E-state index in [0.717, 1.165) is 0 Å². The number of nitrogens with two attached hydrogens (primary N) is 1. The lowest BCUT2D eigenvalue weighted by atomic mass is 10.1. The first-order valence-electron chi connectivity index (χ1n) is 4.83. The summed E-state index contributed by atoms with van der Waals surface area (Å²) in [7, 11) is 4.03. The second kappa shape index (κ2) is 6.93. The molecule has 0 bridgehead atoms. The maximum atomic E-state index is 11.3. The van der Waals surface area contributed by atoms with Gasteiger partial charge < -0.3 is 25.1 Å². The van der Waals surface area contributed by atoms with E-state index in [4.69, 9.17) is 15.2 Å². The molecule has 1 aromatic rings. The fourth-order valence-corrected chi connectivity index (χ4v) is 1.36. The molecule has 0 unspecified atom stereocenters. The molecule has 0 fully saturated rings. The number of halogens is 1. The summed E-state index contributed by atoms with van der Waals surface area (Å²) in [5.74, 6) is -0.368. The lowest BCUT2D eigenvalue weighted by Crippen LogP contribution is -2.22. The van der Waals surface area contributed by atoms with Gasteiger partial charge in [-0.25, -0.2) is 0 Å². The first kappa shape index (κ1) is 16.3. The van der Waals surface area contributed by atoms with Crippen LogP contribution in [0.25, 0.3) is 0 Å². The summed E-state index contributed by atoms with van der Waals surface area (Å²) in [6.07, 6.45) is 0. The molecule has 1 rings (SSSR count). The van der Waals surface area contributed by atoms with Crippen LogP contribution >= 0.6 is 12.4 Å². The number of aromatic hydroxyl groups is 1. The second-order valence-electron chi connectivity index (χ2n) is 3.27. The van der Waals surface area contributed by atoms with E-state index in [9.17, 15) is 9.90 Å². The molecule has 1 aromatic carbocycles. The molecule has 0 aromatic heterocycles. The standard InChI is InChI=1S/C11H15NO5.ClH/c1-15-7-4-6(9(12)11(14)17-3)5-8(16-2)10(7)13;/h4-5,9,13H,12H2,1-3H3;1H/t9-;/m1./s1. The Labute approximate surface area is 111 Å². The summed E-state index contributed by atoms with van der Waals surface area (Å²) in [4.78, 5) is 11.3. The molecule has 18 heavy (non-hydrogen) atoms. The van der Waals surface area contributed by atoms with Gasteiger partial charge in [-0.05, 0) is 17.7 Å². The van der Waals surface area contributed by atoms with Crippen molar-refractivity contribution in [2.45, 2.75) is 6.04 Å². The number of ether oxygens (including phenoxy) is 3. The summed E-state index contributed by atoms with van der Waals surface area (Å²) in [6, 6.07) is 1.96. The highest BCUT2D eigenvalue weighted by molar-refractivity contribution is 5.85. The fourth-order valence-electron chi connectivity index (χ4n) is 1.36. The van der Waals surface area contributed by atoms with Crippen LogP contribution in [0.4, 0.5) is 0 Å². The van der Waals surface area contributed by atoms with Gasteiger partial charge in [-0.15, -0.1) is 12.4 Å². The van der Waals surface area contributed by atoms with E-state index in [1.54, 1.807) is 0 Å². The SMILES string of the molecule is COC(=O)[C@H](N)c1cc(OC)c(O)c(OC)c1.Cl. The van der Waals surface area contributed by atoms with Crippen LogP contribution in [0.3, 0.4) is 0 Å². The van der Waals surface area contributed by atoms with E-state index in [0.29, 0.717) is 5.56 Å². The van der Waals surface area contributed by atoms with Gasteiger partial charge in [-0.3, -0.25) is 4.79 Å².